The summed E-state index contributed by atoms with van der Waals surface area (Å²) >= 11 is 5.87. The summed E-state index contributed by atoms with van der Waals surface area (Å²) in [4.78, 5) is 0. The predicted molar refractivity (Wildman–Crippen MR) is 84.7 cm³/mol. The minimum absolute atomic E-state index is 0.172. The molecule has 1 atom stereocenters. The van der Waals surface area contributed by atoms with Crippen LogP contribution in [0.3, 0.4) is 0 Å². The summed E-state index contributed by atoms with van der Waals surface area (Å²) in [5.74, 6) is 0.833. The van der Waals surface area contributed by atoms with E-state index in [1.807, 2.05) is 31.3 Å². The van der Waals surface area contributed by atoms with Crippen molar-refractivity contribution in [2.45, 2.75) is 19.9 Å². The second kappa shape index (κ2) is 6.78. The Morgan fingerprint density at radius 1 is 1.10 bits per heavy atom. The number of aryl methyl sites for hydroxylation is 1. The number of rotatable bonds is 5. The van der Waals surface area contributed by atoms with Crippen molar-refractivity contribution in [2.24, 2.45) is 0 Å². The Morgan fingerprint density at radius 2 is 1.80 bits per heavy atom. The highest BCUT2D eigenvalue weighted by atomic mass is 35.5. The van der Waals surface area contributed by atoms with Crippen molar-refractivity contribution in [1.29, 1.82) is 0 Å². The molecule has 0 bridgehead atoms. The second-order valence-electron chi connectivity index (χ2n) is 4.90. The number of ether oxygens (including phenoxy) is 1. The summed E-state index contributed by atoms with van der Waals surface area (Å²) in [6.07, 6.45) is 0. The molecule has 0 saturated carbocycles. The Balaban J connectivity index is 2.09. The third-order valence-corrected chi connectivity index (χ3v) is 3.85. The molecular weight excluding hydrogens is 270 g/mol. The lowest BCUT2D eigenvalue weighted by molar-refractivity contribution is 0.272. The van der Waals surface area contributed by atoms with Crippen LogP contribution in [0.25, 0.3) is 0 Å². The summed E-state index contributed by atoms with van der Waals surface area (Å²) in [7, 11) is 1.96. The number of halogens is 1. The topological polar surface area (TPSA) is 21.3 Å². The van der Waals surface area contributed by atoms with E-state index in [-0.39, 0.29) is 6.04 Å². The minimum Gasteiger partial charge on any atom is -0.492 e. The van der Waals surface area contributed by atoms with Gasteiger partial charge >= 0.3 is 0 Å². The Labute approximate surface area is 125 Å². The van der Waals surface area contributed by atoms with Gasteiger partial charge in [0.05, 0.1) is 6.04 Å². The Morgan fingerprint density at radius 3 is 2.45 bits per heavy atom. The highest BCUT2D eigenvalue weighted by Gasteiger charge is 2.13. The van der Waals surface area contributed by atoms with Crippen LogP contribution >= 0.6 is 11.6 Å². The standard InChI is InChI=1S/C17H20ClNO/c1-12-5-4-6-16(13(12)2)17(19-3)11-20-15-9-7-14(18)8-10-15/h4-10,17,19H,11H2,1-3H3. The van der Waals surface area contributed by atoms with Crippen LogP contribution in [0.1, 0.15) is 22.7 Å². The lowest BCUT2D eigenvalue weighted by atomic mass is 9.98. The fraction of sp³-hybridized carbons (Fsp3) is 0.294. The molecule has 2 nitrogen and oxygen atoms in total. The maximum atomic E-state index is 5.87. The summed E-state index contributed by atoms with van der Waals surface area (Å²) < 4.78 is 5.84. The molecule has 0 fully saturated rings. The molecular formula is C17H20ClNO. The van der Waals surface area contributed by atoms with E-state index in [1.54, 1.807) is 0 Å². The van der Waals surface area contributed by atoms with Crippen LogP contribution in [0.5, 0.6) is 5.75 Å². The van der Waals surface area contributed by atoms with E-state index in [0.29, 0.717) is 6.61 Å². The lowest BCUT2D eigenvalue weighted by Crippen LogP contribution is -2.24. The van der Waals surface area contributed by atoms with Gasteiger partial charge in [-0.3, -0.25) is 0 Å². The van der Waals surface area contributed by atoms with Crippen molar-refractivity contribution in [3.05, 3.63) is 64.2 Å². The smallest absolute Gasteiger partial charge is 0.119 e. The highest BCUT2D eigenvalue weighted by Crippen LogP contribution is 2.22. The molecule has 0 heterocycles. The predicted octanol–water partition coefficient (Wildman–Crippen LogP) is 4.30. The number of benzene rings is 2. The normalized spacial score (nSPS) is 12.2. The van der Waals surface area contributed by atoms with Gasteiger partial charge in [-0.15, -0.1) is 0 Å². The molecule has 0 radical (unpaired) electrons. The van der Waals surface area contributed by atoms with E-state index in [4.69, 9.17) is 16.3 Å². The molecule has 2 aromatic carbocycles. The van der Waals surface area contributed by atoms with Crippen LogP contribution in [0.4, 0.5) is 0 Å². The van der Waals surface area contributed by atoms with Crippen molar-refractivity contribution < 1.29 is 4.74 Å². The highest BCUT2D eigenvalue weighted by molar-refractivity contribution is 6.30. The van der Waals surface area contributed by atoms with Gasteiger partial charge in [0.15, 0.2) is 0 Å². The van der Waals surface area contributed by atoms with E-state index < -0.39 is 0 Å². The van der Waals surface area contributed by atoms with Crippen LogP contribution in [0.15, 0.2) is 42.5 Å². The zero-order chi connectivity index (χ0) is 14.5. The molecule has 0 aliphatic carbocycles. The van der Waals surface area contributed by atoms with E-state index in [2.05, 4.69) is 37.4 Å². The fourth-order valence-corrected chi connectivity index (χ4v) is 2.32. The molecule has 0 spiro atoms. The zero-order valence-corrected chi connectivity index (χ0v) is 12.9. The molecule has 0 aliphatic rings. The quantitative estimate of drug-likeness (QED) is 0.886. The molecule has 106 valence electrons. The van der Waals surface area contributed by atoms with Gasteiger partial charge < -0.3 is 10.1 Å². The number of likely N-dealkylation sites (N-methyl/N-ethyl adjacent to an activating group) is 1. The average Bonchev–Trinajstić information content (AvgIpc) is 2.45. The third kappa shape index (κ3) is 3.53. The first-order valence-corrected chi connectivity index (χ1v) is 7.11. The van der Waals surface area contributed by atoms with E-state index in [9.17, 15) is 0 Å². The first kappa shape index (κ1) is 14.9. The van der Waals surface area contributed by atoms with Crippen molar-refractivity contribution in [2.75, 3.05) is 13.7 Å². The van der Waals surface area contributed by atoms with Gasteiger partial charge in [-0.25, -0.2) is 0 Å². The monoisotopic (exact) mass is 289 g/mol. The maximum absolute atomic E-state index is 5.87. The Hall–Kier alpha value is -1.51. The first-order valence-electron chi connectivity index (χ1n) is 6.73. The number of hydrogen-bond acceptors (Lipinski definition) is 2. The summed E-state index contributed by atoms with van der Waals surface area (Å²) in [5, 5.41) is 4.04. The largest absolute Gasteiger partial charge is 0.492 e. The summed E-state index contributed by atoms with van der Waals surface area (Å²) in [6.45, 7) is 4.87. The van der Waals surface area contributed by atoms with E-state index in [1.165, 1.54) is 16.7 Å². The molecule has 0 amide bonds. The van der Waals surface area contributed by atoms with Crippen LogP contribution in [-0.2, 0) is 0 Å². The van der Waals surface area contributed by atoms with Crippen LogP contribution < -0.4 is 10.1 Å². The second-order valence-corrected chi connectivity index (χ2v) is 5.33. The Kier molecular flexibility index (Phi) is 5.05. The summed E-state index contributed by atoms with van der Waals surface area (Å²) in [6, 6.07) is 14.0. The average molecular weight is 290 g/mol. The molecule has 0 aliphatic heterocycles. The van der Waals surface area contributed by atoms with Gasteiger partial charge in [-0.05, 0) is 61.9 Å². The van der Waals surface area contributed by atoms with Gasteiger partial charge in [0.2, 0.25) is 0 Å². The van der Waals surface area contributed by atoms with Crippen LogP contribution in [-0.4, -0.2) is 13.7 Å². The Bertz CT molecular complexity index is 566. The molecule has 2 rings (SSSR count). The SMILES string of the molecule is CNC(COc1ccc(Cl)cc1)c1cccc(C)c1C. The van der Waals surface area contributed by atoms with Gasteiger partial charge in [0, 0.05) is 5.02 Å². The van der Waals surface area contributed by atoms with Crippen LogP contribution in [0.2, 0.25) is 5.02 Å². The zero-order valence-electron chi connectivity index (χ0n) is 12.1. The van der Waals surface area contributed by atoms with Crippen molar-refractivity contribution >= 4 is 11.6 Å². The lowest BCUT2D eigenvalue weighted by Gasteiger charge is -2.20. The van der Waals surface area contributed by atoms with Crippen molar-refractivity contribution in [3.63, 3.8) is 0 Å². The van der Waals surface area contributed by atoms with E-state index >= 15 is 0 Å². The van der Waals surface area contributed by atoms with Gasteiger partial charge in [0.25, 0.3) is 0 Å². The first-order chi connectivity index (χ1) is 9.61. The van der Waals surface area contributed by atoms with Crippen LogP contribution in [0, 0.1) is 13.8 Å². The molecule has 1 unspecified atom stereocenters. The third-order valence-electron chi connectivity index (χ3n) is 3.60. The molecule has 3 heteroatoms. The number of hydrogen-bond donors (Lipinski definition) is 1. The van der Waals surface area contributed by atoms with Crippen molar-refractivity contribution in [3.8, 4) is 5.75 Å². The molecule has 0 aromatic heterocycles. The number of nitrogens with one attached hydrogen (secondary N) is 1. The minimum atomic E-state index is 0.172. The van der Waals surface area contributed by atoms with Gasteiger partial charge in [-0.1, -0.05) is 29.8 Å². The molecule has 20 heavy (non-hydrogen) atoms. The maximum Gasteiger partial charge on any atom is 0.119 e. The molecule has 2 aromatic rings. The summed E-state index contributed by atoms with van der Waals surface area (Å²) in [5.41, 5.74) is 3.89. The fourth-order valence-electron chi connectivity index (χ4n) is 2.19. The van der Waals surface area contributed by atoms with Gasteiger partial charge in [-0.2, -0.15) is 0 Å². The van der Waals surface area contributed by atoms with Gasteiger partial charge in [0.1, 0.15) is 12.4 Å². The van der Waals surface area contributed by atoms with Crippen molar-refractivity contribution in [1.82, 2.24) is 5.32 Å². The molecule has 0 saturated heterocycles. The molecule has 1 N–H and O–H groups in total. The van der Waals surface area contributed by atoms with E-state index in [0.717, 1.165) is 10.8 Å².